The van der Waals surface area contributed by atoms with Crippen molar-refractivity contribution in [1.29, 1.82) is 0 Å². The topological polar surface area (TPSA) is 182 Å². The standard InChI is InChI=1S/C31H43ClN2O10/c1-19-15-23-22-9-8-20-16-21(35)10-12-28(20,2)30(22,32)24(36)17-29(23,3)31(19,40)25(37)18-43-27(39)11-13-33-26(38)7-5-4-6-14-44-34(41)42/h10,12,16,19,22-24,36,40H,4-9,11,13-15,17-18H2,1-3H3,(H,33,38)/t19-,22-,23-,24-,28-,29-,30-,31?/m0/s1. The lowest BCUT2D eigenvalue weighted by molar-refractivity contribution is -0.757. The van der Waals surface area contributed by atoms with Gasteiger partial charge < -0.3 is 25.1 Å². The van der Waals surface area contributed by atoms with E-state index >= 15 is 0 Å². The van der Waals surface area contributed by atoms with Crippen molar-refractivity contribution < 1.29 is 44.1 Å². The third-order valence-corrected chi connectivity index (χ3v) is 11.8. The number of rotatable bonds is 13. The maximum atomic E-state index is 13.6. The van der Waals surface area contributed by atoms with Crippen LogP contribution in [0.4, 0.5) is 0 Å². The van der Waals surface area contributed by atoms with Gasteiger partial charge in [0.25, 0.3) is 5.09 Å². The number of Topliss-reactive ketones (excluding diaryl/α,β-unsaturated/α-hetero) is 1. The van der Waals surface area contributed by atoms with Crippen molar-refractivity contribution in [3.05, 3.63) is 33.9 Å². The molecule has 0 bridgehead atoms. The quantitative estimate of drug-likeness (QED) is 0.0891. The highest BCUT2D eigenvalue weighted by molar-refractivity contribution is 6.26. The number of aliphatic hydroxyl groups excluding tert-OH is 1. The lowest BCUT2D eigenvalue weighted by atomic mass is 9.45. The fourth-order valence-corrected chi connectivity index (χ4v) is 9.09. The number of esters is 1. The number of carbonyl (C=O) groups is 4. The zero-order chi connectivity index (χ0) is 32.5. The van der Waals surface area contributed by atoms with E-state index in [1.165, 1.54) is 6.08 Å². The molecule has 0 aliphatic heterocycles. The van der Waals surface area contributed by atoms with Crippen LogP contribution in [0.1, 0.15) is 78.6 Å². The molecular weight excluding hydrogens is 596 g/mol. The molecule has 0 aromatic carbocycles. The maximum Gasteiger partial charge on any atom is 0.308 e. The van der Waals surface area contributed by atoms with Gasteiger partial charge in [-0.1, -0.05) is 38.8 Å². The summed E-state index contributed by atoms with van der Waals surface area (Å²) in [4.78, 5) is 63.3. The van der Waals surface area contributed by atoms with Gasteiger partial charge in [0, 0.05) is 23.8 Å². The Morgan fingerprint density at radius 3 is 2.61 bits per heavy atom. The van der Waals surface area contributed by atoms with E-state index in [0.29, 0.717) is 38.5 Å². The lowest BCUT2D eigenvalue weighted by Crippen LogP contribution is -2.69. The molecule has 0 radical (unpaired) electrons. The van der Waals surface area contributed by atoms with E-state index in [1.807, 2.05) is 13.8 Å². The first-order chi connectivity index (χ1) is 20.6. The van der Waals surface area contributed by atoms with Crippen LogP contribution in [0, 0.1) is 38.7 Å². The Kier molecular flexibility index (Phi) is 9.97. The summed E-state index contributed by atoms with van der Waals surface area (Å²) in [7, 11) is 0. The first-order valence-corrected chi connectivity index (χ1v) is 15.8. The van der Waals surface area contributed by atoms with Crippen molar-refractivity contribution in [2.45, 2.75) is 95.1 Å². The average Bonchev–Trinajstić information content (AvgIpc) is 3.16. The van der Waals surface area contributed by atoms with E-state index < -0.39 is 56.8 Å². The number of halogens is 1. The van der Waals surface area contributed by atoms with E-state index in [-0.39, 0.29) is 55.9 Å². The molecule has 4 rings (SSSR count). The van der Waals surface area contributed by atoms with Gasteiger partial charge in [-0.25, -0.2) is 0 Å². The number of nitrogens with one attached hydrogen (secondary N) is 1. The molecule has 3 saturated carbocycles. The Hall–Kier alpha value is -2.83. The summed E-state index contributed by atoms with van der Waals surface area (Å²) in [6, 6.07) is 0. The van der Waals surface area contributed by atoms with Crippen LogP contribution in [0.5, 0.6) is 0 Å². The van der Waals surface area contributed by atoms with Gasteiger partial charge in [-0.15, -0.1) is 21.7 Å². The van der Waals surface area contributed by atoms with Gasteiger partial charge in [-0.3, -0.25) is 19.2 Å². The van der Waals surface area contributed by atoms with Crippen molar-refractivity contribution in [1.82, 2.24) is 5.32 Å². The van der Waals surface area contributed by atoms with E-state index in [4.69, 9.17) is 16.3 Å². The fourth-order valence-electron chi connectivity index (χ4n) is 8.56. The Morgan fingerprint density at radius 1 is 1.18 bits per heavy atom. The summed E-state index contributed by atoms with van der Waals surface area (Å²) >= 11 is 7.42. The van der Waals surface area contributed by atoms with Gasteiger partial charge in [0.1, 0.15) is 5.60 Å². The molecule has 3 fully saturated rings. The first-order valence-electron chi connectivity index (χ1n) is 15.4. The highest BCUT2D eigenvalue weighted by atomic mass is 35.5. The van der Waals surface area contributed by atoms with Crippen molar-refractivity contribution in [2.75, 3.05) is 19.8 Å². The molecule has 44 heavy (non-hydrogen) atoms. The molecule has 0 aromatic heterocycles. The number of ketones is 2. The van der Waals surface area contributed by atoms with E-state index in [0.717, 1.165) is 5.57 Å². The number of ether oxygens (including phenoxy) is 1. The normalized spacial score (nSPS) is 37.2. The molecule has 244 valence electrons. The predicted octanol–water partition coefficient (Wildman–Crippen LogP) is 2.99. The number of alkyl halides is 1. The van der Waals surface area contributed by atoms with Gasteiger partial charge in [-0.2, -0.15) is 0 Å². The summed E-state index contributed by atoms with van der Waals surface area (Å²) in [5.41, 5.74) is -2.74. The summed E-state index contributed by atoms with van der Waals surface area (Å²) in [5.74, 6) is -2.62. The van der Waals surface area contributed by atoms with Gasteiger partial charge >= 0.3 is 5.97 Å². The van der Waals surface area contributed by atoms with Crippen LogP contribution in [-0.2, 0) is 28.8 Å². The zero-order valence-electron chi connectivity index (χ0n) is 25.5. The number of hydrogen-bond acceptors (Lipinski definition) is 10. The minimum atomic E-state index is -1.86. The van der Waals surface area contributed by atoms with Crippen LogP contribution in [-0.4, -0.2) is 75.1 Å². The average molecular weight is 639 g/mol. The second kappa shape index (κ2) is 12.9. The highest BCUT2D eigenvalue weighted by Crippen LogP contribution is 2.71. The van der Waals surface area contributed by atoms with Gasteiger partial charge in [-0.05, 0) is 68.4 Å². The number of unbranched alkanes of at least 4 members (excludes halogenated alkanes) is 2. The SMILES string of the molecule is C[C@H]1C[C@H]2[C@@H]3CCC4=CC(=O)C=C[C@]4(C)[C@@]3(Cl)[C@@H](O)C[C@]2(C)C1(O)C(=O)COC(=O)CCNC(=O)CCCCCO[N+](=O)[O-]. The van der Waals surface area contributed by atoms with E-state index in [2.05, 4.69) is 10.2 Å². The van der Waals surface area contributed by atoms with Crippen molar-refractivity contribution in [3.8, 4) is 0 Å². The molecule has 4 aliphatic carbocycles. The molecule has 8 atom stereocenters. The first kappa shape index (κ1) is 34.1. The van der Waals surface area contributed by atoms with Crippen molar-refractivity contribution in [2.24, 2.45) is 28.6 Å². The van der Waals surface area contributed by atoms with E-state index in [1.54, 1.807) is 19.1 Å². The molecule has 4 aliphatic rings. The van der Waals surface area contributed by atoms with Crippen LogP contribution in [0.25, 0.3) is 0 Å². The molecule has 1 amide bonds. The predicted molar refractivity (Wildman–Crippen MR) is 158 cm³/mol. The summed E-state index contributed by atoms with van der Waals surface area (Å²) in [6.07, 6.45) is 7.19. The molecule has 13 heteroatoms. The van der Waals surface area contributed by atoms with Crippen LogP contribution in [0.3, 0.4) is 0 Å². The van der Waals surface area contributed by atoms with Crippen LogP contribution >= 0.6 is 11.6 Å². The maximum absolute atomic E-state index is 13.6. The third-order valence-electron chi connectivity index (χ3n) is 10.9. The van der Waals surface area contributed by atoms with Gasteiger partial charge in [0.15, 0.2) is 12.4 Å². The second-order valence-electron chi connectivity index (χ2n) is 13.2. The Morgan fingerprint density at radius 2 is 1.91 bits per heavy atom. The van der Waals surface area contributed by atoms with Crippen LogP contribution in [0.2, 0.25) is 0 Å². The highest BCUT2D eigenvalue weighted by Gasteiger charge is 2.74. The molecular formula is C31H43ClN2O10. The number of aliphatic hydroxyl groups is 2. The largest absolute Gasteiger partial charge is 0.457 e. The number of fused-ring (bicyclic) bond motifs is 5. The smallest absolute Gasteiger partial charge is 0.308 e. The minimum absolute atomic E-state index is 0.0116. The molecule has 0 heterocycles. The minimum Gasteiger partial charge on any atom is -0.457 e. The number of allylic oxidation sites excluding steroid dienone is 4. The molecule has 0 aromatic rings. The number of hydrogen-bond donors (Lipinski definition) is 3. The zero-order valence-corrected chi connectivity index (χ0v) is 26.3. The molecule has 1 unspecified atom stereocenters. The number of amides is 1. The molecule has 0 spiro atoms. The second-order valence-corrected chi connectivity index (χ2v) is 13.8. The van der Waals surface area contributed by atoms with Gasteiger partial charge in [0.2, 0.25) is 11.7 Å². The summed E-state index contributed by atoms with van der Waals surface area (Å²) in [5, 5.41) is 35.6. The summed E-state index contributed by atoms with van der Waals surface area (Å²) < 4.78 is 5.23. The van der Waals surface area contributed by atoms with Crippen molar-refractivity contribution in [3.63, 3.8) is 0 Å². The Bertz CT molecular complexity index is 1250. The summed E-state index contributed by atoms with van der Waals surface area (Å²) in [6.45, 7) is 4.91. The number of nitrogens with zero attached hydrogens (tertiary/aromatic N) is 1. The number of carbonyl (C=O) groups excluding carboxylic acids is 4. The molecule has 12 nitrogen and oxygen atoms in total. The molecule has 0 saturated heterocycles. The lowest BCUT2D eigenvalue weighted by Gasteiger charge is -2.63. The fraction of sp³-hybridized carbons (Fsp3) is 0.742. The van der Waals surface area contributed by atoms with Gasteiger partial charge in [0.05, 0.1) is 24.0 Å². The Balaban J connectivity index is 1.32. The Labute approximate surface area is 261 Å². The third kappa shape index (κ3) is 5.80. The van der Waals surface area contributed by atoms with Crippen molar-refractivity contribution >= 4 is 35.0 Å². The van der Waals surface area contributed by atoms with Crippen LogP contribution in [0.15, 0.2) is 23.8 Å². The van der Waals surface area contributed by atoms with Crippen LogP contribution < -0.4 is 5.32 Å². The van der Waals surface area contributed by atoms with E-state index in [9.17, 15) is 39.5 Å². The molecule has 3 N–H and O–H groups in total. The monoisotopic (exact) mass is 638 g/mol.